The summed E-state index contributed by atoms with van der Waals surface area (Å²) < 4.78 is 65.2. The van der Waals surface area contributed by atoms with Crippen LogP contribution in [-0.2, 0) is 4.79 Å². The second-order valence-corrected chi connectivity index (χ2v) is 11.0. The van der Waals surface area contributed by atoms with Crippen molar-refractivity contribution in [1.82, 2.24) is 0 Å². The molecule has 0 atom stereocenters. The molecule has 1 heterocycles. The minimum Gasteiger partial charge on any atom is -0.496 e. The summed E-state index contributed by atoms with van der Waals surface area (Å²) in [5, 5.41) is 2.68. The average molecular weight is 716 g/mol. The molecule has 5 rings (SSSR count). The predicted molar refractivity (Wildman–Crippen MR) is 193 cm³/mol. The van der Waals surface area contributed by atoms with Crippen molar-refractivity contribution in [2.24, 2.45) is 0 Å². The Balaban J connectivity index is 1.34. The largest absolute Gasteiger partial charge is 0.496 e. The molecule has 5 aromatic rings. The fourth-order valence-corrected chi connectivity index (χ4v) is 5.29. The molecule has 4 aromatic carbocycles. The number of fused-ring (bicyclic) bond motifs is 1. The lowest BCUT2D eigenvalue weighted by atomic mass is 10.1. The van der Waals surface area contributed by atoms with Gasteiger partial charge in [0.25, 0.3) is 0 Å². The summed E-state index contributed by atoms with van der Waals surface area (Å²) >= 11 is 0. The molecule has 0 fully saturated rings. The van der Waals surface area contributed by atoms with E-state index in [1.165, 1.54) is 66.9 Å². The SMILES string of the molecule is COc1cc(OC)c2c(=O)c(OCCCOc3ccc(/C=C/C(=O)Nc4ccccc4F)cc3OC)c(-c3cc(OC)c(OC)c(OC)c3)oc2c1. The van der Waals surface area contributed by atoms with Gasteiger partial charge in [-0.25, -0.2) is 4.39 Å². The Hall–Kier alpha value is -6.37. The lowest BCUT2D eigenvalue weighted by Gasteiger charge is -2.17. The number of amides is 1. The second-order valence-electron chi connectivity index (χ2n) is 11.0. The van der Waals surface area contributed by atoms with Crippen LogP contribution >= 0.6 is 0 Å². The summed E-state index contributed by atoms with van der Waals surface area (Å²) in [6.07, 6.45) is 3.23. The summed E-state index contributed by atoms with van der Waals surface area (Å²) in [4.78, 5) is 26.4. The first kappa shape index (κ1) is 36.9. The van der Waals surface area contributed by atoms with Crippen molar-refractivity contribution in [3.05, 3.63) is 94.4 Å². The van der Waals surface area contributed by atoms with E-state index >= 15 is 0 Å². The van der Waals surface area contributed by atoms with E-state index < -0.39 is 17.2 Å². The molecule has 0 saturated heterocycles. The van der Waals surface area contributed by atoms with Crippen LogP contribution in [0.15, 0.2) is 82.0 Å². The maximum Gasteiger partial charge on any atom is 0.248 e. The molecule has 0 bridgehead atoms. The zero-order valence-corrected chi connectivity index (χ0v) is 29.5. The first-order valence-corrected chi connectivity index (χ1v) is 16.0. The van der Waals surface area contributed by atoms with Crippen molar-refractivity contribution in [3.63, 3.8) is 0 Å². The number of benzene rings is 4. The molecule has 0 aliphatic heterocycles. The Morgan fingerprint density at radius 2 is 1.42 bits per heavy atom. The van der Waals surface area contributed by atoms with Gasteiger partial charge in [0, 0.05) is 30.2 Å². The Bertz CT molecular complexity index is 2120. The fourth-order valence-electron chi connectivity index (χ4n) is 5.29. The highest BCUT2D eigenvalue weighted by atomic mass is 19.1. The van der Waals surface area contributed by atoms with Crippen LogP contribution in [0.5, 0.6) is 46.0 Å². The van der Waals surface area contributed by atoms with Gasteiger partial charge in [-0.05, 0) is 48.0 Å². The molecule has 272 valence electrons. The van der Waals surface area contributed by atoms with E-state index in [0.29, 0.717) is 52.0 Å². The number of halogens is 1. The zero-order chi connectivity index (χ0) is 37.2. The standard InChI is InChI=1S/C39H38FNO11/c1-44-25-21-30(46-3)35-31(22-25)52-37(24-19-32(47-4)38(49-6)33(20-24)48-5)39(36(35)43)51-17-9-16-50-28-14-12-23(18-29(28)45-2)13-15-34(42)41-27-11-8-7-10-26(27)40/h7-8,10-15,18-22H,9,16-17H2,1-6H3,(H,41,42)/b15-13+. The van der Waals surface area contributed by atoms with E-state index in [4.69, 9.17) is 42.3 Å². The van der Waals surface area contributed by atoms with Crippen molar-refractivity contribution in [1.29, 1.82) is 0 Å². The van der Waals surface area contributed by atoms with E-state index in [-0.39, 0.29) is 47.1 Å². The number of carbonyl (C=O) groups excluding carboxylic acids is 1. The third-order valence-electron chi connectivity index (χ3n) is 7.81. The monoisotopic (exact) mass is 715 g/mol. The van der Waals surface area contributed by atoms with Crippen LogP contribution in [0.2, 0.25) is 0 Å². The molecule has 0 radical (unpaired) electrons. The molecule has 0 unspecified atom stereocenters. The highest BCUT2D eigenvalue weighted by molar-refractivity contribution is 6.02. The number of methoxy groups -OCH3 is 6. The topological polar surface area (TPSA) is 133 Å². The third kappa shape index (κ3) is 8.15. The molecule has 0 aliphatic rings. The van der Waals surface area contributed by atoms with Crippen molar-refractivity contribution >= 4 is 28.6 Å². The first-order valence-electron chi connectivity index (χ1n) is 16.0. The van der Waals surface area contributed by atoms with Crippen LogP contribution in [0.3, 0.4) is 0 Å². The summed E-state index contributed by atoms with van der Waals surface area (Å²) in [7, 11) is 8.90. The van der Waals surface area contributed by atoms with Gasteiger partial charge in [0.05, 0.1) is 61.6 Å². The first-order chi connectivity index (χ1) is 25.2. The molecule has 1 aromatic heterocycles. The van der Waals surface area contributed by atoms with Gasteiger partial charge in [-0.3, -0.25) is 9.59 Å². The van der Waals surface area contributed by atoms with Crippen molar-refractivity contribution < 1.29 is 51.5 Å². The maximum absolute atomic E-state index is 14.0. The van der Waals surface area contributed by atoms with Crippen LogP contribution in [-0.4, -0.2) is 61.8 Å². The number of nitrogens with one attached hydrogen (secondary N) is 1. The third-order valence-corrected chi connectivity index (χ3v) is 7.81. The van der Waals surface area contributed by atoms with Gasteiger partial charge in [-0.2, -0.15) is 0 Å². The minimum atomic E-state index is -0.529. The highest BCUT2D eigenvalue weighted by Gasteiger charge is 2.24. The minimum absolute atomic E-state index is 0.0574. The van der Waals surface area contributed by atoms with Crippen LogP contribution in [0.1, 0.15) is 12.0 Å². The van der Waals surface area contributed by atoms with E-state index in [9.17, 15) is 14.0 Å². The molecule has 13 heteroatoms. The Labute approximate surface area is 299 Å². The van der Waals surface area contributed by atoms with Crippen LogP contribution in [0.25, 0.3) is 28.4 Å². The second kappa shape index (κ2) is 17.0. The molecular weight excluding hydrogens is 677 g/mol. The van der Waals surface area contributed by atoms with Gasteiger partial charge in [0.2, 0.25) is 22.8 Å². The number of hydrogen-bond donors (Lipinski definition) is 1. The Morgan fingerprint density at radius 1 is 0.731 bits per heavy atom. The lowest BCUT2D eigenvalue weighted by molar-refractivity contribution is -0.111. The Morgan fingerprint density at radius 3 is 2.08 bits per heavy atom. The molecule has 52 heavy (non-hydrogen) atoms. The summed E-state index contributed by atoms with van der Waals surface area (Å²) in [6, 6.07) is 17.5. The van der Waals surface area contributed by atoms with Crippen molar-refractivity contribution in [2.75, 3.05) is 61.2 Å². The summed E-state index contributed by atoms with van der Waals surface area (Å²) in [6.45, 7) is 0.280. The van der Waals surface area contributed by atoms with Crippen LogP contribution < -0.4 is 48.6 Å². The van der Waals surface area contributed by atoms with E-state index in [2.05, 4.69) is 5.32 Å². The number of rotatable bonds is 16. The van der Waals surface area contributed by atoms with Gasteiger partial charge in [-0.1, -0.05) is 18.2 Å². The fraction of sp³-hybridized carbons (Fsp3) is 0.231. The van der Waals surface area contributed by atoms with Crippen molar-refractivity contribution in [2.45, 2.75) is 6.42 Å². The van der Waals surface area contributed by atoms with Gasteiger partial charge >= 0.3 is 0 Å². The van der Waals surface area contributed by atoms with Gasteiger partial charge in [0.1, 0.15) is 28.3 Å². The normalized spacial score (nSPS) is 10.9. The molecule has 1 N–H and O–H groups in total. The van der Waals surface area contributed by atoms with E-state index in [1.807, 2.05) is 0 Å². The molecule has 1 amide bonds. The van der Waals surface area contributed by atoms with Crippen LogP contribution in [0.4, 0.5) is 10.1 Å². The molecule has 0 spiro atoms. The summed E-state index contributed by atoms with van der Waals surface area (Å²) in [5.74, 6) is 1.69. The van der Waals surface area contributed by atoms with Crippen molar-refractivity contribution in [3.8, 4) is 57.3 Å². The number of hydrogen-bond acceptors (Lipinski definition) is 11. The number of ether oxygens (including phenoxy) is 8. The zero-order valence-electron chi connectivity index (χ0n) is 29.5. The quantitative estimate of drug-likeness (QED) is 0.0825. The van der Waals surface area contributed by atoms with Gasteiger partial charge < -0.3 is 47.6 Å². The molecule has 0 saturated carbocycles. The number of para-hydroxylation sites is 1. The lowest BCUT2D eigenvalue weighted by Crippen LogP contribution is -2.14. The van der Waals surface area contributed by atoms with Crippen LogP contribution in [0, 0.1) is 5.82 Å². The Kier molecular flexibility index (Phi) is 12.1. The average Bonchev–Trinajstić information content (AvgIpc) is 3.17. The predicted octanol–water partition coefficient (Wildman–Crippen LogP) is 7.15. The maximum atomic E-state index is 14.0. The summed E-state index contributed by atoms with van der Waals surface area (Å²) in [5.41, 5.74) is 0.938. The smallest absolute Gasteiger partial charge is 0.248 e. The molecular formula is C39H38FNO11. The molecule has 12 nitrogen and oxygen atoms in total. The molecule has 0 aliphatic carbocycles. The number of carbonyl (C=O) groups is 1. The van der Waals surface area contributed by atoms with E-state index in [1.54, 1.807) is 54.6 Å². The van der Waals surface area contributed by atoms with E-state index in [0.717, 1.165) is 0 Å². The van der Waals surface area contributed by atoms with Gasteiger partial charge in [0.15, 0.2) is 28.8 Å². The highest BCUT2D eigenvalue weighted by Crippen LogP contribution is 2.44. The van der Waals surface area contributed by atoms with Gasteiger partial charge in [-0.15, -0.1) is 0 Å². The number of anilines is 1.